The molecule has 0 fully saturated rings. The second-order valence-corrected chi connectivity index (χ2v) is 8.19. The van der Waals surface area contributed by atoms with Gasteiger partial charge in [0, 0.05) is 29.7 Å². The standard InChI is InChI=1S/C17H19N3O3S2/c1-4-20(5-2)25(22,23)14-8-6-13(7-9-14)16(21)15(10-18)17-19-12(3)11-24-17/h6-9,11,15H,4-5H2,1-3H3/t15-/m1/s1. The summed E-state index contributed by atoms with van der Waals surface area (Å²) in [4.78, 5) is 16.9. The minimum atomic E-state index is -3.57. The molecule has 0 radical (unpaired) electrons. The van der Waals surface area contributed by atoms with Crippen LogP contribution in [0, 0.1) is 18.3 Å². The third-order valence-corrected chi connectivity index (χ3v) is 6.85. The van der Waals surface area contributed by atoms with Gasteiger partial charge in [0.05, 0.1) is 11.0 Å². The molecule has 0 aliphatic carbocycles. The highest BCUT2D eigenvalue weighted by atomic mass is 32.2. The number of thiazole rings is 1. The Morgan fingerprint density at radius 2 is 1.88 bits per heavy atom. The Kier molecular flexibility index (Phi) is 6.06. The summed E-state index contributed by atoms with van der Waals surface area (Å²) in [5, 5.41) is 11.6. The molecule has 2 aromatic rings. The second-order valence-electron chi connectivity index (χ2n) is 5.37. The highest BCUT2D eigenvalue weighted by Crippen LogP contribution is 2.25. The Morgan fingerprint density at radius 3 is 2.32 bits per heavy atom. The summed E-state index contributed by atoms with van der Waals surface area (Å²) < 4.78 is 26.3. The Balaban J connectivity index is 2.30. The van der Waals surface area contributed by atoms with Crippen molar-refractivity contribution in [3.63, 3.8) is 0 Å². The van der Waals surface area contributed by atoms with Crippen LogP contribution in [-0.4, -0.2) is 36.6 Å². The molecule has 1 heterocycles. The summed E-state index contributed by atoms with van der Waals surface area (Å²) in [6.07, 6.45) is 0. The number of hydrogen-bond acceptors (Lipinski definition) is 6. The highest BCUT2D eigenvalue weighted by Gasteiger charge is 2.26. The van der Waals surface area contributed by atoms with Crippen LogP contribution >= 0.6 is 11.3 Å². The highest BCUT2D eigenvalue weighted by molar-refractivity contribution is 7.89. The minimum Gasteiger partial charge on any atom is -0.292 e. The molecule has 0 aliphatic rings. The molecule has 132 valence electrons. The first-order valence-electron chi connectivity index (χ1n) is 7.81. The van der Waals surface area contributed by atoms with Gasteiger partial charge in [-0.3, -0.25) is 4.79 Å². The number of carbonyl (C=O) groups is 1. The zero-order chi connectivity index (χ0) is 18.6. The van der Waals surface area contributed by atoms with Crippen molar-refractivity contribution in [2.75, 3.05) is 13.1 Å². The summed E-state index contributed by atoms with van der Waals surface area (Å²) in [7, 11) is -3.57. The number of hydrogen-bond donors (Lipinski definition) is 0. The van der Waals surface area contributed by atoms with Crippen LogP contribution in [0.5, 0.6) is 0 Å². The first-order valence-corrected chi connectivity index (χ1v) is 10.1. The van der Waals surface area contributed by atoms with Crippen LogP contribution in [-0.2, 0) is 10.0 Å². The normalized spacial score (nSPS) is 12.8. The van der Waals surface area contributed by atoms with Crippen molar-refractivity contribution in [3.05, 3.63) is 45.9 Å². The summed E-state index contributed by atoms with van der Waals surface area (Å²) in [5.41, 5.74) is 1.05. The van der Waals surface area contributed by atoms with Gasteiger partial charge in [-0.25, -0.2) is 13.4 Å². The lowest BCUT2D eigenvalue weighted by atomic mass is 9.99. The Hall–Kier alpha value is -2.08. The van der Waals surface area contributed by atoms with Crippen LogP contribution in [0.1, 0.15) is 40.8 Å². The van der Waals surface area contributed by atoms with E-state index in [-0.39, 0.29) is 16.2 Å². The van der Waals surface area contributed by atoms with Crippen LogP contribution in [0.4, 0.5) is 0 Å². The predicted octanol–water partition coefficient (Wildman–Crippen LogP) is 2.97. The van der Waals surface area contributed by atoms with E-state index in [4.69, 9.17) is 0 Å². The number of nitrogens with zero attached hydrogens (tertiary/aromatic N) is 3. The molecule has 0 amide bonds. The van der Waals surface area contributed by atoms with E-state index in [2.05, 4.69) is 4.98 Å². The molecule has 25 heavy (non-hydrogen) atoms. The van der Waals surface area contributed by atoms with Gasteiger partial charge in [-0.1, -0.05) is 26.0 Å². The SMILES string of the molecule is CCN(CC)S(=O)(=O)c1ccc(C(=O)[C@@H](C#N)c2nc(C)cs2)cc1. The van der Waals surface area contributed by atoms with Gasteiger partial charge in [0.15, 0.2) is 11.7 Å². The van der Waals surface area contributed by atoms with E-state index in [1.54, 1.807) is 26.2 Å². The van der Waals surface area contributed by atoms with Gasteiger partial charge < -0.3 is 0 Å². The maximum absolute atomic E-state index is 12.6. The van der Waals surface area contributed by atoms with Crippen LogP contribution in [0.2, 0.25) is 0 Å². The van der Waals surface area contributed by atoms with E-state index in [1.165, 1.54) is 39.9 Å². The molecule has 0 saturated heterocycles. The first kappa shape index (κ1) is 19.2. The molecule has 8 heteroatoms. The average molecular weight is 377 g/mol. The lowest BCUT2D eigenvalue weighted by molar-refractivity contribution is 0.0978. The maximum Gasteiger partial charge on any atom is 0.243 e. The number of rotatable bonds is 7. The molecule has 0 N–H and O–H groups in total. The number of aryl methyl sites for hydroxylation is 1. The van der Waals surface area contributed by atoms with Crippen LogP contribution < -0.4 is 0 Å². The Bertz CT molecular complexity index is 892. The molecule has 0 saturated carbocycles. The number of aromatic nitrogens is 1. The predicted molar refractivity (Wildman–Crippen MR) is 96.1 cm³/mol. The van der Waals surface area contributed by atoms with Crippen molar-refractivity contribution in [2.45, 2.75) is 31.6 Å². The number of Topliss-reactive ketones (excluding diaryl/α,β-unsaturated/α-hetero) is 1. The van der Waals surface area contributed by atoms with Gasteiger partial charge in [0.2, 0.25) is 10.0 Å². The van der Waals surface area contributed by atoms with Gasteiger partial charge in [0.1, 0.15) is 5.01 Å². The van der Waals surface area contributed by atoms with E-state index in [1.807, 2.05) is 6.07 Å². The summed E-state index contributed by atoms with van der Waals surface area (Å²) in [6.45, 7) is 6.09. The van der Waals surface area contributed by atoms with Crippen molar-refractivity contribution in [2.24, 2.45) is 0 Å². The van der Waals surface area contributed by atoms with E-state index in [0.717, 1.165) is 5.69 Å². The van der Waals surface area contributed by atoms with Crippen molar-refractivity contribution >= 4 is 27.1 Å². The van der Waals surface area contributed by atoms with Crippen molar-refractivity contribution in [1.29, 1.82) is 5.26 Å². The topological polar surface area (TPSA) is 91.1 Å². The quantitative estimate of drug-likeness (QED) is 0.692. The molecule has 0 spiro atoms. The first-order chi connectivity index (χ1) is 11.8. The number of benzene rings is 1. The number of nitriles is 1. The Morgan fingerprint density at radius 1 is 1.28 bits per heavy atom. The molecule has 1 atom stereocenters. The zero-order valence-corrected chi connectivity index (χ0v) is 15.9. The van der Waals surface area contributed by atoms with Crippen LogP contribution in [0.3, 0.4) is 0 Å². The van der Waals surface area contributed by atoms with Gasteiger partial charge in [-0.15, -0.1) is 11.3 Å². The summed E-state index contributed by atoms with van der Waals surface area (Å²) >= 11 is 1.27. The van der Waals surface area contributed by atoms with Gasteiger partial charge in [-0.2, -0.15) is 9.57 Å². The lowest BCUT2D eigenvalue weighted by Crippen LogP contribution is -2.30. The van der Waals surface area contributed by atoms with E-state index >= 15 is 0 Å². The average Bonchev–Trinajstić information content (AvgIpc) is 3.02. The van der Waals surface area contributed by atoms with Crippen molar-refractivity contribution in [1.82, 2.24) is 9.29 Å². The third kappa shape index (κ3) is 3.95. The lowest BCUT2D eigenvalue weighted by Gasteiger charge is -2.18. The summed E-state index contributed by atoms with van der Waals surface area (Å²) in [5.74, 6) is -1.37. The van der Waals surface area contributed by atoms with E-state index in [9.17, 15) is 18.5 Å². The molecule has 1 aromatic carbocycles. The van der Waals surface area contributed by atoms with Crippen LogP contribution in [0.25, 0.3) is 0 Å². The molecule has 1 aromatic heterocycles. The number of carbonyl (C=O) groups excluding carboxylic acids is 1. The molecule has 0 bridgehead atoms. The fourth-order valence-corrected chi connectivity index (χ4v) is 4.70. The molecule has 0 unspecified atom stereocenters. The van der Waals surface area contributed by atoms with Gasteiger partial charge >= 0.3 is 0 Å². The number of ketones is 1. The summed E-state index contributed by atoms with van der Waals surface area (Å²) in [6, 6.07) is 7.69. The van der Waals surface area contributed by atoms with Crippen LogP contribution in [0.15, 0.2) is 34.5 Å². The largest absolute Gasteiger partial charge is 0.292 e. The Labute approximate surface area is 151 Å². The smallest absolute Gasteiger partial charge is 0.243 e. The molecule has 6 nitrogen and oxygen atoms in total. The van der Waals surface area contributed by atoms with Crippen molar-refractivity contribution in [3.8, 4) is 6.07 Å². The van der Waals surface area contributed by atoms with Gasteiger partial charge in [-0.05, 0) is 19.1 Å². The molecular weight excluding hydrogens is 358 g/mol. The van der Waals surface area contributed by atoms with E-state index in [0.29, 0.717) is 18.1 Å². The minimum absolute atomic E-state index is 0.131. The second kappa shape index (κ2) is 7.87. The van der Waals surface area contributed by atoms with Gasteiger partial charge in [0.25, 0.3) is 0 Å². The van der Waals surface area contributed by atoms with Crippen molar-refractivity contribution < 1.29 is 13.2 Å². The third-order valence-electron chi connectivity index (χ3n) is 3.76. The monoisotopic (exact) mass is 377 g/mol. The number of sulfonamides is 1. The molecule has 2 rings (SSSR count). The molecular formula is C17H19N3O3S2. The zero-order valence-electron chi connectivity index (χ0n) is 14.3. The maximum atomic E-state index is 12.6. The van der Waals surface area contributed by atoms with E-state index < -0.39 is 15.9 Å². The molecule has 0 aliphatic heterocycles. The fourth-order valence-electron chi connectivity index (χ4n) is 2.40. The fraction of sp³-hybridized carbons (Fsp3) is 0.353.